The Hall–Kier alpha value is -2.26. The number of aliphatic hydroxyl groups is 1. The second-order valence-electron chi connectivity index (χ2n) is 7.16. The van der Waals surface area contributed by atoms with Gasteiger partial charge in [0.05, 0.1) is 6.10 Å². The monoisotopic (exact) mass is 346 g/mol. The molecule has 1 nitrogen and oxygen atoms in total. The highest BCUT2D eigenvalue weighted by Gasteiger charge is 2.11. The lowest BCUT2D eigenvalue weighted by Crippen LogP contribution is -2.16. The molecule has 0 fully saturated rings. The maximum Gasteiger partial charge on any atom is 0.129 e. The van der Waals surface area contributed by atoms with E-state index in [1.165, 1.54) is 0 Å². The zero-order valence-corrected chi connectivity index (χ0v) is 16.3. The predicted molar refractivity (Wildman–Crippen MR) is 109 cm³/mol. The van der Waals surface area contributed by atoms with Crippen LogP contribution in [0.2, 0.25) is 19.6 Å². The lowest BCUT2D eigenvalue weighted by molar-refractivity contribution is 0.165. The van der Waals surface area contributed by atoms with E-state index < -0.39 is 14.2 Å². The quantitative estimate of drug-likeness (QED) is 0.460. The van der Waals surface area contributed by atoms with E-state index in [-0.39, 0.29) is 0 Å². The Balaban J connectivity index is 2.02. The second-order valence-corrected chi connectivity index (χ2v) is 11.9. The van der Waals surface area contributed by atoms with E-state index in [4.69, 9.17) is 0 Å². The Morgan fingerprint density at radius 3 is 2.32 bits per heavy atom. The summed E-state index contributed by atoms with van der Waals surface area (Å²) in [5.41, 5.74) is 6.15. The van der Waals surface area contributed by atoms with Crippen molar-refractivity contribution in [3.05, 3.63) is 71.3 Å². The highest BCUT2D eigenvalue weighted by atomic mass is 28.3. The number of unbranched alkanes of at least 4 members (excludes halogenated alkanes) is 1. The van der Waals surface area contributed by atoms with E-state index >= 15 is 0 Å². The average Bonchev–Trinajstić information content (AvgIpc) is 2.59. The molecule has 0 spiro atoms. The van der Waals surface area contributed by atoms with Gasteiger partial charge in [-0.1, -0.05) is 67.9 Å². The van der Waals surface area contributed by atoms with Crippen LogP contribution in [0.3, 0.4) is 0 Å². The van der Waals surface area contributed by atoms with Gasteiger partial charge in [0, 0.05) is 17.5 Å². The van der Waals surface area contributed by atoms with Crippen molar-refractivity contribution in [2.45, 2.75) is 45.0 Å². The number of aliphatic hydroxyl groups excluding tert-OH is 1. The van der Waals surface area contributed by atoms with E-state index in [0.717, 1.165) is 29.5 Å². The molecule has 0 aliphatic carbocycles. The molecule has 0 aromatic heterocycles. The molecular weight excluding hydrogens is 320 g/mol. The second kappa shape index (κ2) is 9.28. The normalized spacial score (nSPS) is 11.7. The maximum atomic E-state index is 10.6. The topological polar surface area (TPSA) is 20.2 Å². The zero-order chi connectivity index (χ0) is 18.1. The first-order valence-corrected chi connectivity index (χ1v) is 12.3. The number of rotatable bonds is 4. The molecule has 2 rings (SSSR count). The summed E-state index contributed by atoms with van der Waals surface area (Å²) < 4.78 is 0. The molecule has 2 aromatic carbocycles. The van der Waals surface area contributed by atoms with Gasteiger partial charge in [-0.3, -0.25) is 0 Å². The SMILES string of the molecule is C[Si](C)(C)C#CCCCC(O)c1ccccc1C#Cc1ccccc1. The van der Waals surface area contributed by atoms with Crippen LogP contribution in [-0.2, 0) is 0 Å². The molecule has 0 saturated heterocycles. The van der Waals surface area contributed by atoms with Crippen molar-refractivity contribution < 1.29 is 5.11 Å². The molecule has 128 valence electrons. The number of hydrogen-bond acceptors (Lipinski definition) is 1. The number of benzene rings is 2. The molecule has 1 unspecified atom stereocenters. The van der Waals surface area contributed by atoms with Crippen molar-refractivity contribution in [1.29, 1.82) is 0 Å². The first-order chi connectivity index (χ1) is 12.0. The van der Waals surface area contributed by atoms with Gasteiger partial charge < -0.3 is 5.11 Å². The molecule has 0 aliphatic rings. The minimum absolute atomic E-state index is 0.491. The van der Waals surface area contributed by atoms with Gasteiger partial charge in [0.15, 0.2) is 0 Å². The molecule has 2 heteroatoms. The lowest BCUT2D eigenvalue weighted by Gasteiger charge is -2.12. The Bertz CT molecular complexity index is 795. The summed E-state index contributed by atoms with van der Waals surface area (Å²) in [6.07, 6.45) is 1.97. The van der Waals surface area contributed by atoms with Gasteiger partial charge in [0.25, 0.3) is 0 Å². The molecule has 0 radical (unpaired) electrons. The molecule has 25 heavy (non-hydrogen) atoms. The fourth-order valence-corrected chi connectivity index (χ4v) is 3.08. The summed E-state index contributed by atoms with van der Waals surface area (Å²) in [7, 11) is -1.29. The lowest BCUT2D eigenvalue weighted by atomic mass is 9.98. The Morgan fingerprint density at radius 2 is 1.60 bits per heavy atom. The summed E-state index contributed by atoms with van der Waals surface area (Å²) >= 11 is 0. The van der Waals surface area contributed by atoms with Crippen molar-refractivity contribution >= 4 is 8.07 Å². The van der Waals surface area contributed by atoms with Gasteiger partial charge in [-0.25, -0.2) is 0 Å². The third-order valence-electron chi connectivity index (χ3n) is 3.68. The summed E-state index contributed by atoms with van der Waals surface area (Å²) in [6.45, 7) is 6.74. The van der Waals surface area contributed by atoms with Crippen LogP contribution in [0.15, 0.2) is 54.6 Å². The van der Waals surface area contributed by atoms with Crippen molar-refractivity contribution in [2.24, 2.45) is 0 Å². The third kappa shape index (κ3) is 7.02. The Morgan fingerprint density at radius 1 is 0.920 bits per heavy atom. The van der Waals surface area contributed by atoms with Crippen LogP contribution < -0.4 is 0 Å². The molecule has 0 saturated carbocycles. The summed E-state index contributed by atoms with van der Waals surface area (Å²) in [5.74, 6) is 9.64. The smallest absolute Gasteiger partial charge is 0.129 e. The van der Waals surface area contributed by atoms with Crippen LogP contribution in [-0.4, -0.2) is 13.2 Å². The van der Waals surface area contributed by atoms with Crippen LogP contribution in [0.4, 0.5) is 0 Å². The fourth-order valence-electron chi connectivity index (χ4n) is 2.43. The maximum absolute atomic E-state index is 10.6. The molecule has 0 heterocycles. The van der Waals surface area contributed by atoms with Crippen LogP contribution in [0.25, 0.3) is 0 Å². The minimum Gasteiger partial charge on any atom is -0.388 e. The Labute approximate surface area is 153 Å². The largest absolute Gasteiger partial charge is 0.388 e. The summed E-state index contributed by atoms with van der Waals surface area (Å²) in [4.78, 5) is 0. The molecule has 0 bridgehead atoms. The molecule has 0 aliphatic heterocycles. The fraction of sp³-hybridized carbons (Fsp3) is 0.304. The van der Waals surface area contributed by atoms with Crippen molar-refractivity contribution in [2.75, 3.05) is 0 Å². The highest BCUT2D eigenvalue weighted by Crippen LogP contribution is 2.22. The van der Waals surface area contributed by atoms with Crippen molar-refractivity contribution in [3.63, 3.8) is 0 Å². The van der Waals surface area contributed by atoms with Crippen LogP contribution in [0.5, 0.6) is 0 Å². The van der Waals surface area contributed by atoms with Crippen LogP contribution in [0.1, 0.15) is 42.1 Å². The van der Waals surface area contributed by atoms with E-state index in [1.807, 2.05) is 54.6 Å². The Kier molecular flexibility index (Phi) is 7.08. The molecule has 2 aromatic rings. The van der Waals surface area contributed by atoms with Crippen molar-refractivity contribution in [3.8, 4) is 23.3 Å². The number of hydrogen-bond donors (Lipinski definition) is 1. The first-order valence-electron chi connectivity index (χ1n) is 8.80. The van der Waals surface area contributed by atoms with E-state index in [1.54, 1.807) is 0 Å². The van der Waals surface area contributed by atoms with Gasteiger partial charge in [-0.2, -0.15) is 0 Å². The van der Waals surface area contributed by atoms with Gasteiger partial charge in [-0.05, 0) is 36.6 Å². The van der Waals surface area contributed by atoms with Gasteiger partial charge in [0.2, 0.25) is 0 Å². The summed E-state index contributed by atoms with van der Waals surface area (Å²) in [5, 5.41) is 10.6. The third-order valence-corrected chi connectivity index (χ3v) is 4.60. The summed E-state index contributed by atoms with van der Waals surface area (Å²) in [6, 6.07) is 17.8. The molecular formula is C23H26OSi. The van der Waals surface area contributed by atoms with Gasteiger partial charge in [-0.15, -0.1) is 11.5 Å². The highest BCUT2D eigenvalue weighted by molar-refractivity contribution is 6.83. The molecule has 1 atom stereocenters. The van der Waals surface area contributed by atoms with Crippen molar-refractivity contribution in [1.82, 2.24) is 0 Å². The van der Waals surface area contributed by atoms with E-state index in [0.29, 0.717) is 6.42 Å². The molecule has 0 amide bonds. The van der Waals surface area contributed by atoms with Crippen LogP contribution >= 0.6 is 0 Å². The predicted octanol–water partition coefficient (Wildman–Crippen LogP) is 5.17. The van der Waals surface area contributed by atoms with Gasteiger partial charge in [0.1, 0.15) is 8.07 Å². The van der Waals surface area contributed by atoms with Crippen LogP contribution in [0, 0.1) is 23.3 Å². The minimum atomic E-state index is -1.29. The average molecular weight is 347 g/mol. The zero-order valence-electron chi connectivity index (χ0n) is 15.3. The van der Waals surface area contributed by atoms with Gasteiger partial charge >= 0.3 is 0 Å². The van der Waals surface area contributed by atoms with E-state index in [9.17, 15) is 5.11 Å². The van der Waals surface area contributed by atoms with E-state index in [2.05, 4.69) is 42.9 Å². The molecule has 1 N–H and O–H groups in total. The first kappa shape index (κ1) is 19.1. The standard InChI is InChI=1S/C23H26OSi/c1-25(2,3)19-11-5-8-16-23(24)22-15-10-9-14-21(22)18-17-20-12-6-4-7-13-20/h4,6-7,9-10,12-15,23-24H,5,8,16H2,1-3H3.